The van der Waals surface area contributed by atoms with Crippen molar-refractivity contribution in [2.24, 2.45) is 0 Å². The molecule has 0 bridgehead atoms. The molecule has 2 heterocycles. The van der Waals surface area contributed by atoms with Gasteiger partial charge in [-0.15, -0.1) is 0 Å². The lowest BCUT2D eigenvalue weighted by Crippen LogP contribution is -2.43. The number of nitrogens with zero attached hydrogens (tertiary/aromatic N) is 2. The molecule has 0 radical (unpaired) electrons. The fourth-order valence-corrected chi connectivity index (χ4v) is 3.00. The number of hydrogen-bond donors (Lipinski definition) is 0. The maximum Gasteiger partial charge on any atom is 0.173 e. The Labute approximate surface area is 132 Å². The van der Waals surface area contributed by atoms with Gasteiger partial charge >= 0.3 is 0 Å². The van der Waals surface area contributed by atoms with Crippen LogP contribution in [0.25, 0.3) is 0 Å². The van der Waals surface area contributed by atoms with Crippen LogP contribution in [0.1, 0.15) is 29.5 Å². The van der Waals surface area contributed by atoms with E-state index < -0.39 is 5.79 Å². The summed E-state index contributed by atoms with van der Waals surface area (Å²) in [7, 11) is 0. The molecule has 1 aliphatic heterocycles. The van der Waals surface area contributed by atoms with Crippen LogP contribution in [0.5, 0.6) is 0 Å². The molecule has 3 rings (SSSR count). The van der Waals surface area contributed by atoms with Gasteiger partial charge in [0.2, 0.25) is 0 Å². The summed E-state index contributed by atoms with van der Waals surface area (Å²) in [4.78, 5) is 4.10. The predicted molar refractivity (Wildman–Crippen MR) is 85.7 cm³/mol. The number of aromatic nitrogens is 2. The van der Waals surface area contributed by atoms with E-state index >= 15 is 0 Å². The second-order valence-electron chi connectivity index (χ2n) is 6.12. The average molecular weight is 300 g/mol. The molecule has 0 spiro atoms. The molecule has 1 aromatic heterocycles. The van der Waals surface area contributed by atoms with E-state index in [0.29, 0.717) is 0 Å². The highest BCUT2D eigenvalue weighted by Crippen LogP contribution is 2.29. The molecule has 118 valence electrons. The van der Waals surface area contributed by atoms with E-state index in [4.69, 9.17) is 9.47 Å². The topological polar surface area (TPSA) is 36.3 Å². The Balaban J connectivity index is 1.76. The minimum Gasteiger partial charge on any atom is -0.349 e. The third-order valence-electron chi connectivity index (χ3n) is 4.29. The molecule has 4 nitrogen and oxygen atoms in total. The molecule has 0 saturated carbocycles. The summed E-state index contributed by atoms with van der Waals surface area (Å²) in [5.41, 5.74) is 3.90. The molecular weight excluding hydrogens is 276 g/mol. The summed E-state index contributed by atoms with van der Waals surface area (Å²) in [6, 6.07) is 6.58. The lowest BCUT2D eigenvalue weighted by molar-refractivity contribution is -0.270. The molecule has 4 heteroatoms. The van der Waals surface area contributed by atoms with E-state index in [2.05, 4.69) is 41.6 Å². The van der Waals surface area contributed by atoms with Crippen LogP contribution in [0.2, 0.25) is 0 Å². The van der Waals surface area contributed by atoms with Gasteiger partial charge < -0.3 is 14.0 Å². The predicted octanol–water partition coefficient (Wildman–Crippen LogP) is 3.27. The Kier molecular flexibility index (Phi) is 4.60. The maximum atomic E-state index is 6.10. The van der Waals surface area contributed by atoms with Crippen LogP contribution >= 0.6 is 0 Å². The molecule has 0 N–H and O–H groups in total. The van der Waals surface area contributed by atoms with Crippen molar-refractivity contribution >= 4 is 0 Å². The Hall–Kier alpha value is -1.65. The van der Waals surface area contributed by atoms with E-state index in [1.165, 1.54) is 16.7 Å². The van der Waals surface area contributed by atoms with Crippen LogP contribution in [-0.4, -0.2) is 28.6 Å². The molecule has 1 saturated heterocycles. The molecule has 0 aliphatic carbocycles. The van der Waals surface area contributed by atoms with Crippen molar-refractivity contribution in [2.45, 2.75) is 45.4 Å². The van der Waals surface area contributed by atoms with Gasteiger partial charge in [-0.1, -0.05) is 23.8 Å². The lowest BCUT2D eigenvalue weighted by atomic mass is 9.96. The van der Waals surface area contributed by atoms with Gasteiger partial charge in [-0.2, -0.15) is 0 Å². The maximum absolute atomic E-state index is 6.10. The average Bonchev–Trinajstić information content (AvgIpc) is 3.03. The summed E-state index contributed by atoms with van der Waals surface area (Å²) in [5, 5.41) is 0. The quantitative estimate of drug-likeness (QED) is 0.850. The zero-order chi connectivity index (χ0) is 15.4. The van der Waals surface area contributed by atoms with Crippen molar-refractivity contribution in [3.63, 3.8) is 0 Å². The number of imidazole rings is 1. The molecule has 0 unspecified atom stereocenters. The van der Waals surface area contributed by atoms with E-state index in [1.807, 2.05) is 12.5 Å². The van der Waals surface area contributed by atoms with Gasteiger partial charge in [0, 0.05) is 31.8 Å². The van der Waals surface area contributed by atoms with Crippen LogP contribution in [0, 0.1) is 13.8 Å². The Bertz CT molecular complexity index is 602. The van der Waals surface area contributed by atoms with Gasteiger partial charge in [-0.25, -0.2) is 4.98 Å². The standard InChI is InChI=1S/C18H24N2O2/c1-15-4-5-17(16(2)12-15)13-18(21-10-3-11-22-18)6-8-20-9-7-19-14-20/h4-5,7,9,12,14H,3,6,8,10-11,13H2,1-2H3. The van der Waals surface area contributed by atoms with Gasteiger partial charge in [0.15, 0.2) is 5.79 Å². The molecule has 0 amide bonds. The van der Waals surface area contributed by atoms with Crippen molar-refractivity contribution in [1.29, 1.82) is 0 Å². The van der Waals surface area contributed by atoms with Crippen LogP contribution in [0.15, 0.2) is 36.9 Å². The molecule has 1 fully saturated rings. The summed E-state index contributed by atoms with van der Waals surface area (Å²) in [5.74, 6) is -0.511. The smallest absolute Gasteiger partial charge is 0.173 e. The number of hydrogen-bond acceptors (Lipinski definition) is 3. The highest BCUT2D eigenvalue weighted by molar-refractivity contribution is 5.31. The van der Waals surface area contributed by atoms with Crippen LogP contribution in [0.4, 0.5) is 0 Å². The normalized spacial score (nSPS) is 17.5. The van der Waals surface area contributed by atoms with Gasteiger partial charge in [0.25, 0.3) is 0 Å². The zero-order valence-corrected chi connectivity index (χ0v) is 13.4. The first-order chi connectivity index (χ1) is 10.7. The largest absolute Gasteiger partial charge is 0.349 e. The van der Waals surface area contributed by atoms with E-state index in [9.17, 15) is 0 Å². The number of aryl methyl sites for hydroxylation is 3. The molecule has 1 aliphatic rings. The zero-order valence-electron chi connectivity index (χ0n) is 13.4. The fourth-order valence-electron chi connectivity index (χ4n) is 3.00. The lowest BCUT2D eigenvalue weighted by Gasteiger charge is -2.38. The summed E-state index contributed by atoms with van der Waals surface area (Å²) >= 11 is 0. The van der Waals surface area contributed by atoms with Crippen molar-refractivity contribution in [1.82, 2.24) is 9.55 Å². The summed E-state index contributed by atoms with van der Waals surface area (Å²) in [6.07, 6.45) is 8.23. The highest BCUT2D eigenvalue weighted by atomic mass is 16.7. The number of benzene rings is 1. The SMILES string of the molecule is Cc1ccc(CC2(CCn3ccnc3)OCCCO2)c(C)c1. The third-order valence-corrected chi connectivity index (χ3v) is 4.29. The van der Waals surface area contributed by atoms with Crippen molar-refractivity contribution in [2.75, 3.05) is 13.2 Å². The van der Waals surface area contributed by atoms with Gasteiger partial charge in [-0.05, 0) is 31.4 Å². The molecule has 0 atom stereocenters. The monoisotopic (exact) mass is 300 g/mol. The number of rotatable bonds is 5. The van der Waals surface area contributed by atoms with Crippen molar-refractivity contribution in [3.05, 3.63) is 53.6 Å². The van der Waals surface area contributed by atoms with E-state index in [0.717, 1.165) is 39.0 Å². The second kappa shape index (κ2) is 6.63. The van der Waals surface area contributed by atoms with Crippen molar-refractivity contribution in [3.8, 4) is 0 Å². The minimum absolute atomic E-state index is 0.511. The van der Waals surface area contributed by atoms with Crippen molar-refractivity contribution < 1.29 is 9.47 Å². The first kappa shape index (κ1) is 15.3. The van der Waals surface area contributed by atoms with Crippen LogP contribution < -0.4 is 0 Å². The van der Waals surface area contributed by atoms with E-state index in [-0.39, 0.29) is 0 Å². The summed E-state index contributed by atoms with van der Waals surface area (Å²) < 4.78 is 14.3. The molecular formula is C18H24N2O2. The first-order valence-corrected chi connectivity index (χ1v) is 7.97. The second-order valence-corrected chi connectivity index (χ2v) is 6.12. The first-order valence-electron chi connectivity index (χ1n) is 7.97. The summed E-state index contributed by atoms with van der Waals surface area (Å²) in [6.45, 7) is 6.68. The third kappa shape index (κ3) is 3.57. The minimum atomic E-state index is -0.511. The molecule has 22 heavy (non-hydrogen) atoms. The Morgan fingerprint density at radius 3 is 2.73 bits per heavy atom. The van der Waals surface area contributed by atoms with Crippen LogP contribution in [-0.2, 0) is 22.4 Å². The molecule has 2 aromatic rings. The van der Waals surface area contributed by atoms with Crippen LogP contribution in [0.3, 0.4) is 0 Å². The Morgan fingerprint density at radius 1 is 1.23 bits per heavy atom. The van der Waals surface area contributed by atoms with Gasteiger partial charge in [0.1, 0.15) is 0 Å². The molecule has 1 aromatic carbocycles. The van der Waals surface area contributed by atoms with Gasteiger partial charge in [-0.3, -0.25) is 0 Å². The highest BCUT2D eigenvalue weighted by Gasteiger charge is 2.35. The Morgan fingerprint density at radius 2 is 2.05 bits per heavy atom. The van der Waals surface area contributed by atoms with Gasteiger partial charge in [0.05, 0.1) is 19.5 Å². The number of ether oxygens (including phenoxy) is 2. The fraction of sp³-hybridized carbons (Fsp3) is 0.500. The van der Waals surface area contributed by atoms with E-state index in [1.54, 1.807) is 6.20 Å².